The highest BCUT2D eigenvalue weighted by molar-refractivity contribution is 6.12. The van der Waals surface area contributed by atoms with Crippen LogP contribution in [-0.2, 0) is 0 Å². The van der Waals surface area contributed by atoms with Crippen LogP contribution in [0.15, 0.2) is 48.5 Å². The van der Waals surface area contributed by atoms with E-state index in [0.717, 1.165) is 10.9 Å². The zero-order chi connectivity index (χ0) is 18.2. The first-order valence-corrected chi connectivity index (χ1v) is 8.12. The van der Waals surface area contributed by atoms with E-state index in [1.54, 1.807) is 6.07 Å². The van der Waals surface area contributed by atoms with E-state index in [2.05, 4.69) is 30.9 Å². The molecule has 2 aromatic carbocycles. The minimum Gasteiger partial charge on any atom is -0.454 e. The molecule has 2 N–H and O–H groups in total. The number of benzene rings is 2. The van der Waals surface area contributed by atoms with Crippen LogP contribution in [0.4, 0.5) is 5.95 Å². The van der Waals surface area contributed by atoms with Gasteiger partial charge in [0, 0.05) is 10.9 Å². The van der Waals surface area contributed by atoms with Crippen molar-refractivity contribution in [1.82, 2.24) is 25.6 Å². The number of nitrogens with one attached hydrogen (secondary N) is 2. The van der Waals surface area contributed by atoms with Gasteiger partial charge in [0.1, 0.15) is 0 Å². The molecule has 0 atom stereocenters. The summed E-state index contributed by atoms with van der Waals surface area (Å²) in [6.45, 7) is 0.197. The molecule has 132 valence electrons. The van der Waals surface area contributed by atoms with Gasteiger partial charge < -0.3 is 9.47 Å². The van der Waals surface area contributed by atoms with Crippen LogP contribution in [0.2, 0.25) is 0 Å². The molecule has 3 heterocycles. The van der Waals surface area contributed by atoms with Crippen molar-refractivity contribution in [3.05, 3.63) is 54.1 Å². The van der Waals surface area contributed by atoms with E-state index in [-0.39, 0.29) is 18.6 Å². The fourth-order valence-electron chi connectivity index (χ4n) is 2.95. The zero-order valence-corrected chi connectivity index (χ0v) is 13.8. The van der Waals surface area contributed by atoms with E-state index in [1.807, 2.05) is 42.5 Å². The number of hydrogen-bond donors (Lipinski definition) is 2. The van der Waals surface area contributed by atoms with Crippen molar-refractivity contribution in [2.75, 3.05) is 12.1 Å². The number of aromatic nitrogens is 5. The average molecular weight is 360 g/mol. The Hall–Kier alpha value is -4.01. The number of ether oxygens (including phenoxy) is 2. The third-order valence-corrected chi connectivity index (χ3v) is 4.20. The molecule has 0 saturated heterocycles. The van der Waals surface area contributed by atoms with Crippen molar-refractivity contribution in [2.45, 2.75) is 0 Å². The smallest absolute Gasteiger partial charge is 0.270 e. The van der Waals surface area contributed by atoms with Crippen LogP contribution in [0.25, 0.3) is 22.2 Å². The molecule has 0 fully saturated rings. The topological polar surface area (TPSA) is 115 Å². The summed E-state index contributed by atoms with van der Waals surface area (Å²) in [6, 6.07) is 14.7. The molecule has 9 heteroatoms. The molecular weight excluding hydrogens is 348 g/mol. The Bertz CT molecular complexity index is 1160. The van der Waals surface area contributed by atoms with Gasteiger partial charge in [0.2, 0.25) is 6.79 Å². The molecule has 4 aromatic rings. The number of rotatable bonds is 3. The van der Waals surface area contributed by atoms with Crippen LogP contribution in [0.3, 0.4) is 0 Å². The molecule has 2 aromatic heterocycles. The second kappa shape index (κ2) is 6.06. The van der Waals surface area contributed by atoms with Gasteiger partial charge in [-0.25, -0.2) is 4.98 Å². The number of carbonyl (C=O) groups is 1. The number of amides is 1. The van der Waals surface area contributed by atoms with Crippen molar-refractivity contribution < 1.29 is 14.3 Å². The first kappa shape index (κ1) is 15.3. The Balaban J connectivity index is 1.63. The first-order valence-electron chi connectivity index (χ1n) is 8.12. The largest absolute Gasteiger partial charge is 0.454 e. The van der Waals surface area contributed by atoms with Gasteiger partial charge in [0.25, 0.3) is 11.9 Å². The molecule has 1 amide bonds. The lowest BCUT2D eigenvalue weighted by atomic mass is 10.0. The van der Waals surface area contributed by atoms with Crippen molar-refractivity contribution in [2.24, 2.45) is 0 Å². The lowest BCUT2D eigenvalue weighted by Gasteiger charge is -2.09. The summed E-state index contributed by atoms with van der Waals surface area (Å²) in [5, 5.41) is 16.6. The van der Waals surface area contributed by atoms with Crippen LogP contribution >= 0.6 is 0 Å². The molecular formula is C18H12N6O3. The minimum absolute atomic E-state index is 0.102. The Labute approximate surface area is 152 Å². The molecule has 27 heavy (non-hydrogen) atoms. The highest BCUT2D eigenvalue weighted by Gasteiger charge is 2.18. The van der Waals surface area contributed by atoms with E-state index in [1.165, 1.54) is 0 Å². The molecule has 0 spiro atoms. The second-order valence-electron chi connectivity index (χ2n) is 5.83. The summed E-state index contributed by atoms with van der Waals surface area (Å²) in [4.78, 5) is 17.5. The zero-order valence-electron chi connectivity index (χ0n) is 13.8. The maximum Gasteiger partial charge on any atom is 0.270 e. The summed E-state index contributed by atoms with van der Waals surface area (Å²) in [7, 11) is 0. The van der Waals surface area contributed by atoms with Gasteiger partial charge in [-0.3, -0.25) is 10.1 Å². The summed E-state index contributed by atoms with van der Waals surface area (Å²) in [6.07, 6.45) is 0. The van der Waals surface area contributed by atoms with E-state index < -0.39 is 0 Å². The maximum absolute atomic E-state index is 12.8. The van der Waals surface area contributed by atoms with E-state index in [4.69, 9.17) is 9.47 Å². The summed E-state index contributed by atoms with van der Waals surface area (Å²) in [5.41, 5.74) is 2.62. The summed E-state index contributed by atoms with van der Waals surface area (Å²) in [5.74, 6) is 1.09. The van der Waals surface area contributed by atoms with E-state index in [0.29, 0.717) is 28.3 Å². The molecule has 0 bridgehead atoms. The van der Waals surface area contributed by atoms with Crippen molar-refractivity contribution in [1.29, 1.82) is 0 Å². The number of carbonyl (C=O) groups excluding carboxylic acids is 1. The Morgan fingerprint density at radius 2 is 1.96 bits per heavy atom. The van der Waals surface area contributed by atoms with Crippen LogP contribution in [0.1, 0.15) is 10.4 Å². The highest BCUT2D eigenvalue weighted by atomic mass is 16.7. The molecule has 1 aliphatic heterocycles. The second-order valence-corrected chi connectivity index (χ2v) is 5.83. The van der Waals surface area contributed by atoms with Gasteiger partial charge >= 0.3 is 0 Å². The van der Waals surface area contributed by atoms with Crippen LogP contribution < -0.4 is 14.8 Å². The lowest BCUT2D eigenvalue weighted by Crippen LogP contribution is -2.14. The number of H-pyrrole nitrogens is 1. The number of para-hydroxylation sites is 1. The molecule has 0 saturated carbocycles. The summed E-state index contributed by atoms with van der Waals surface area (Å²) < 4.78 is 10.8. The predicted molar refractivity (Wildman–Crippen MR) is 95.4 cm³/mol. The molecule has 0 radical (unpaired) electrons. The van der Waals surface area contributed by atoms with Gasteiger partial charge in [0.15, 0.2) is 11.5 Å². The van der Waals surface area contributed by atoms with Crippen LogP contribution in [-0.4, -0.2) is 38.3 Å². The number of hydrogen-bond acceptors (Lipinski definition) is 7. The fourth-order valence-corrected chi connectivity index (χ4v) is 2.95. The number of aromatic amines is 1. The maximum atomic E-state index is 12.8. The standard InChI is InChI=1S/C18H12N6O3/c25-17(20-18-21-23-24-22-18)12-8-14(19-13-4-2-1-3-11(12)13)10-5-6-15-16(7-10)27-9-26-15/h1-8H,9H2,(H2,20,21,22,23,24,25). The number of tetrazole rings is 1. The van der Waals surface area contributed by atoms with Gasteiger partial charge in [-0.1, -0.05) is 23.3 Å². The number of fused-ring (bicyclic) bond motifs is 2. The van der Waals surface area contributed by atoms with Crippen LogP contribution in [0, 0.1) is 0 Å². The van der Waals surface area contributed by atoms with E-state index in [9.17, 15) is 4.79 Å². The Morgan fingerprint density at radius 1 is 1.07 bits per heavy atom. The molecule has 5 rings (SSSR count). The molecule has 1 aliphatic rings. The molecule has 0 unspecified atom stereocenters. The lowest BCUT2D eigenvalue weighted by molar-refractivity contribution is 0.102. The Kier molecular flexibility index (Phi) is 3.42. The van der Waals surface area contributed by atoms with Gasteiger partial charge in [-0.15, -0.1) is 5.10 Å². The third kappa shape index (κ3) is 2.71. The normalized spacial score (nSPS) is 12.3. The number of pyridine rings is 1. The van der Waals surface area contributed by atoms with Crippen molar-refractivity contribution in [3.63, 3.8) is 0 Å². The quantitative estimate of drug-likeness (QED) is 0.576. The number of anilines is 1. The predicted octanol–water partition coefficient (Wildman–Crippen LogP) is 2.40. The third-order valence-electron chi connectivity index (χ3n) is 4.20. The van der Waals surface area contributed by atoms with Crippen LogP contribution in [0.5, 0.6) is 11.5 Å². The SMILES string of the molecule is O=C(Nc1nn[nH]n1)c1cc(-c2ccc3c(c2)OCO3)nc2ccccc12. The summed E-state index contributed by atoms with van der Waals surface area (Å²) >= 11 is 0. The number of nitrogens with zero attached hydrogens (tertiary/aromatic N) is 4. The Morgan fingerprint density at radius 3 is 2.85 bits per heavy atom. The van der Waals surface area contributed by atoms with Gasteiger partial charge in [-0.2, -0.15) is 5.21 Å². The molecule has 9 nitrogen and oxygen atoms in total. The fraction of sp³-hybridized carbons (Fsp3) is 0.0556. The average Bonchev–Trinajstić information content (AvgIpc) is 3.38. The minimum atomic E-state index is -0.350. The monoisotopic (exact) mass is 360 g/mol. The molecule has 0 aliphatic carbocycles. The van der Waals surface area contributed by atoms with Crippen molar-refractivity contribution >= 4 is 22.8 Å². The van der Waals surface area contributed by atoms with Crippen molar-refractivity contribution in [3.8, 4) is 22.8 Å². The van der Waals surface area contributed by atoms with Gasteiger partial charge in [0.05, 0.1) is 16.8 Å². The first-order chi connectivity index (χ1) is 13.3. The van der Waals surface area contributed by atoms with Gasteiger partial charge in [-0.05, 0) is 35.5 Å². The van der Waals surface area contributed by atoms with E-state index >= 15 is 0 Å². The highest BCUT2D eigenvalue weighted by Crippen LogP contribution is 2.36.